The van der Waals surface area contributed by atoms with Gasteiger partial charge in [-0.1, -0.05) is 0 Å². The maximum absolute atomic E-state index is 8.42. The highest BCUT2D eigenvalue weighted by Gasteiger charge is 2.03. The van der Waals surface area contributed by atoms with Crippen LogP contribution in [0.5, 0.6) is 0 Å². The molecule has 0 saturated heterocycles. The highest BCUT2D eigenvalue weighted by Crippen LogP contribution is 2.18. The first kappa shape index (κ1) is 6.85. The fourth-order valence-corrected chi connectivity index (χ4v) is 1.75. The van der Waals surface area contributed by atoms with Crippen molar-refractivity contribution in [3.05, 3.63) is 11.6 Å². The van der Waals surface area contributed by atoms with Crippen LogP contribution < -0.4 is 5.32 Å². The molecule has 0 amide bonds. The third-order valence-corrected chi connectivity index (χ3v) is 2.70. The molecule has 3 nitrogen and oxygen atoms in total. The Morgan fingerprint density at radius 2 is 2.20 bits per heavy atom. The molecular formula is C6H5N3S. The predicted molar refractivity (Wildman–Crippen MR) is 41.0 cm³/mol. The van der Waals surface area contributed by atoms with Crippen molar-refractivity contribution in [3.63, 3.8) is 0 Å². The summed E-state index contributed by atoms with van der Waals surface area (Å²) in [6.07, 6.45) is 1.78. The van der Waals surface area contributed by atoms with Gasteiger partial charge in [0.2, 0.25) is 0 Å². The maximum Gasteiger partial charge on any atom is 0.159 e. The normalized spacial score (nSPS) is 20.8. The van der Waals surface area contributed by atoms with E-state index in [0.29, 0.717) is 10.7 Å². The van der Waals surface area contributed by atoms with E-state index in [0.717, 1.165) is 0 Å². The largest absolute Gasteiger partial charge is 0.382 e. The number of nitriles is 2. The molecule has 4 heteroatoms. The van der Waals surface area contributed by atoms with Crippen LogP contribution >= 0.6 is 10.5 Å². The van der Waals surface area contributed by atoms with E-state index in [2.05, 4.69) is 5.32 Å². The molecule has 0 aliphatic carbocycles. The lowest BCUT2D eigenvalue weighted by Gasteiger charge is -1.92. The summed E-state index contributed by atoms with van der Waals surface area (Å²) >= 11 is 0. The monoisotopic (exact) mass is 151 g/mol. The van der Waals surface area contributed by atoms with Gasteiger partial charge in [-0.15, -0.1) is 10.5 Å². The van der Waals surface area contributed by atoms with Crippen LogP contribution in [-0.2, 0) is 0 Å². The van der Waals surface area contributed by atoms with Crippen molar-refractivity contribution in [2.75, 3.05) is 5.88 Å². The third kappa shape index (κ3) is 1.18. The van der Waals surface area contributed by atoms with E-state index in [1.165, 1.54) is 0 Å². The van der Waals surface area contributed by atoms with Gasteiger partial charge in [0, 0.05) is 6.20 Å². The Bertz CT molecular complexity index is 260. The Balaban J connectivity index is 2.97. The summed E-state index contributed by atoms with van der Waals surface area (Å²) < 4.78 is 0. The van der Waals surface area contributed by atoms with Gasteiger partial charge in [0.05, 0.1) is 5.88 Å². The second-order valence-electron chi connectivity index (χ2n) is 1.63. The van der Waals surface area contributed by atoms with E-state index in [9.17, 15) is 0 Å². The molecule has 10 heavy (non-hydrogen) atoms. The Morgan fingerprint density at radius 1 is 1.50 bits per heavy atom. The van der Waals surface area contributed by atoms with E-state index in [1.54, 1.807) is 6.20 Å². The Morgan fingerprint density at radius 3 is 2.60 bits per heavy atom. The summed E-state index contributed by atoms with van der Waals surface area (Å²) in [7, 11) is -0.262. The van der Waals surface area contributed by atoms with Gasteiger partial charge in [-0.05, 0) is 5.41 Å². The van der Waals surface area contributed by atoms with E-state index >= 15 is 0 Å². The summed E-state index contributed by atoms with van der Waals surface area (Å²) in [5.74, 6) is 0.705. The Labute approximate surface area is 61.5 Å². The molecule has 1 aliphatic heterocycles. The molecule has 0 aromatic heterocycles. The molecule has 0 saturated carbocycles. The zero-order chi connectivity index (χ0) is 7.40. The molecule has 1 aliphatic rings. The molecule has 1 N–H and O–H groups in total. The average molecular weight is 151 g/mol. The standard InChI is InChI=1S/C6H5N3S/c7-3-6(4-8)10-2-1-9-5-10/h1-2,9H,5H2. The van der Waals surface area contributed by atoms with E-state index in [4.69, 9.17) is 10.5 Å². The molecule has 1 unspecified atom stereocenters. The smallest absolute Gasteiger partial charge is 0.159 e. The summed E-state index contributed by atoms with van der Waals surface area (Å²) in [5, 5.41) is 21.6. The van der Waals surface area contributed by atoms with Crippen molar-refractivity contribution in [3.8, 4) is 12.1 Å². The minimum atomic E-state index is -0.262. The van der Waals surface area contributed by atoms with Crippen molar-refractivity contribution in [2.45, 2.75) is 0 Å². The molecule has 0 aromatic carbocycles. The molecule has 1 heterocycles. The third-order valence-electron chi connectivity index (χ3n) is 1.05. The second kappa shape index (κ2) is 3.05. The zero-order valence-corrected chi connectivity index (χ0v) is 5.98. The van der Waals surface area contributed by atoms with Gasteiger partial charge < -0.3 is 5.32 Å². The fourth-order valence-electron chi connectivity index (χ4n) is 0.599. The zero-order valence-electron chi connectivity index (χ0n) is 5.16. The Hall–Kier alpha value is -1.26. The minimum Gasteiger partial charge on any atom is -0.382 e. The number of nitrogens with zero attached hydrogens (tertiary/aromatic N) is 2. The molecule has 1 atom stereocenters. The molecule has 0 radical (unpaired) electrons. The molecule has 0 aromatic rings. The first-order valence-corrected chi connectivity index (χ1v) is 4.11. The van der Waals surface area contributed by atoms with Crippen molar-refractivity contribution < 1.29 is 0 Å². The van der Waals surface area contributed by atoms with Crippen LogP contribution in [0, 0.1) is 22.7 Å². The van der Waals surface area contributed by atoms with Crippen LogP contribution in [0.1, 0.15) is 0 Å². The van der Waals surface area contributed by atoms with Crippen LogP contribution in [0.4, 0.5) is 0 Å². The topological polar surface area (TPSA) is 59.6 Å². The number of hydrogen-bond donors (Lipinski definition) is 1. The molecule has 0 spiro atoms. The van der Waals surface area contributed by atoms with Gasteiger partial charge in [-0.2, -0.15) is 10.5 Å². The molecule has 0 fully saturated rings. The van der Waals surface area contributed by atoms with Gasteiger partial charge >= 0.3 is 0 Å². The molecule has 1 rings (SSSR count). The lowest BCUT2D eigenvalue weighted by Crippen LogP contribution is -1.99. The number of rotatable bonds is 0. The summed E-state index contributed by atoms with van der Waals surface area (Å²) in [4.78, 5) is 0.307. The highest BCUT2D eigenvalue weighted by atomic mass is 32.2. The lowest BCUT2D eigenvalue weighted by atomic mass is 10.5. The number of hydrogen-bond acceptors (Lipinski definition) is 3. The van der Waals surface area contributed by atoms with Crippen LogP contribution in [0.25, 0.3) is 0 Å². The lowest BCUT2D eigenvalue weighted by molar-refractivity contribution is 1.08. The van der Waals surface area contributed by atoms with Gasteiger partial charge in [0.15, 0.2) is 4.86 Å². The van der Waals surface area contributed by atoms with Gasteiger partial charge in [-0.25, -0.2) is 0 Å². The van der Waals surface area contributed by atoms with Crippen LogP contribution in [0.3, 0.4) is 0 Å². The first-order valence-electron chi connectivity index (χ1n) is 2.65. The fraction of sp³-hybridized carbons (Fsp3) is 0.167. The predicted octanol–water partition coefficient (Wildman–Crippen LogP) is 0.507. The van der Waals surface area contributed by atoms with Crippen LogP contribution in [0.15, 0.2) is 11.6 Å². The van der Waals surface area contributed by atoms with Crippen molar-refractivity contribution in [1.82, 2.24) is 5.32 Å². The molecule has 50 valence electrons. The second-order valence-corrected chi connectivity index (χ2v) is 3.46. The Kier molecular flexibility index (Phi) is 2.09. The van der Waals surface area contributed by atoms with Crippen molar-refractivity contribution in [1.29, 1.82) is 10.5 Å². The van der Waals surface area contributed by atoms with Gasteiger partial charge in [-0.3, -0.25) is 0 Å². The summed E-state index contributed by atoms with van der Waals surface area (Å²) in [6, 6.07) is 3.74. The van der Waals surface area contributed by atoms with Crippen LogP contribution in [0.2, 0.25) is 0 Å². The summed E-state index contributed by atoms with van der Waals surface area (Å²) in [5.41, 5.74) is 0. The van der Waals surface area contributed by atoms with Crippen molar-refractivity contribution >= 4 is 15.3 Å². The van der Waals surface area contributed by atoms with E-state index in [-0.39, 0.29) is 10.5 Å². The molecular weight excluding hydrogens is 146 g/mol. The first-order chi connectivity index (χ1) is 4.88. The highest BCUT2D eigenvalue weighted by molar-refractivity contribution is 8.19. The van der Waals surface area contributed by atoms with Gasteiger partial charge in [0.1, 0.15) is 12.1 Å². The van der Waals surface area contributed by atoms with Crippen molar-refractivity contribution in [2.24, 2.45) is 0 Å². The van der Waals surface area contributed by atoms with E-state index in [1.807, 2.05) is 17.5 Å². The maximum atomic E-state index is 8.42. The molecule has 0 bridgehead atoms. The van der Waals surface area contributed by atoms with Crippen LogP contribution in [-0.4, -0.2) is 10.7 Å². The van der Waals surface area contributed by atoms with E-state index < -0.39 is 0 Å². The quantitative estimate of drug-likeness (QED) is 0.513. The average Bonchev–Trinajstić information content (AvgIpc) is 2.43. The summed E-state index contributed by atoms with van der Waals surface area (Å²) in [6.45, 7) is 0. The van der Waals surface area contributed by atoms with Gasteiger partial charge in [0.25, 0.3) is 0 Å². The minimum absolute atomic E-state index is 0.262. The number of nitrogens with one attached hydrogen (secondary N) is 1. The SMILES string of the molecule is N#CC(C#N)=S1C=CNC1.